The van der Waals surface area contributed by atoms with Gasteiger partial charge in [0, 0.05) is 5.56 Å². The summed E-state index contributed by atoms with van der Waals surface area (Å²) in [4.78, 5) is 34.9. The van der Waals surface area contributed by atoms with Crippen molar-refractivity contribution in [1.82, 2.24) is 0 Å². The maximum absolute atomic E-state index is 11.8. The second kappa shape index (κ2) is 18.0. The minimum Gasteiger partial charge on any atom is -0.458 e. The molecule has 0 radical (unpaired) electrons. The van der Waals surface area contributed by atoms with Gasteiger partial charge in [0.05, 0.1) is 59.5 Å². The molecule has 0 spiro atoms. The molecule has 0 amide bonds. The van der Waals surface area contributed by atoms with Crippen LogP contribution in [-0.4, -0.2) is 96.0 Å². The normalized spacial score (nSPS) is 11.3. The third-order valence-electron chi connectivity index (χ3n) is 3.81. The smallest absolute Gasteiger partial charge is 0.379 e. The molecular formula is C24H36O10. The van der Waals surface area contributed by atoms with Crippen LogP contribution in [0.2, 0.25) is 0 Å². The highest BCUT2D eigenvalue weighted by molar-refractivity contribution is 6.40. The van der Waals surface area contributed by atoms with E-state index in [4.69, 9.17) is 33.2 Å². The number of benzene rings is 1. The summed E-state index contributed by atoms with van der Waals surface area (Å²) in [7, 11) is 0. The molecule has 0 N–H and O–H groups in total. The molecule has 1 aromatic carbocycles. The molecule has 0 fully saturated rings. The SMILES string of the molecule is CC(C)(C)OC(=O)COCCOCCOCCOCCOCCOC(=O)C(=O)c1ccccc1. The summed E-state index contributed by atoms with van der Waals surface area (Å²) >= 11 is 0. The second-order valence-electron chi connectivity index (χ2n) is 7.92. The van der Waals surface area contributed by atoms with Crippen LogP contribution in [-0.2, 0) is 42.7 Å². The Morgan fingerprint density at radius 1 is 0.647 bits per heavy atom. The number of hydrogen-bond acceptors (Lipinski definition) is 10. The predicted octanol–water partition coefficient (Wildman–Crippen LogP) is 1.84. The van der Waals surface area contributed by atoms with Crippen LogP contribution >= 0.6 is 0 Å². The number of carbonyl (C=O) groups is 3. The van der Waals surface area contributed by atoms with Gasteiger partial charge in [-0.05, 0) is 20.8 Å². The first kappa shape index (κ1) is 29.7. The van der Waals surface area contributed by atoms with Gasteiger partial charge < -0.3 is 33.2 Å². The summed E-state index contributed by atoms with van der Waals surface area (Å²) < 4.78 is 36.5. The molecule has 0 aliphatic heterocycles. The lowest BCUT2D eigenvalue weighted by Crippen LogP contribution is -2.27. The first-order valence-electron chi connectivity index (χ1n) is 11.2. The standard InChI is InChI=1S/C24H36O10/c1-24(2,3)34-21(25)19-32-16-15-30-12-11-28-9-10-29-13-14-31-17-18-33-23(27)22(26)20-7-5-4-6-8-20/h4-8H,9-19H2,1-3H3. The van der Waals surface area contributed by atoms with E-state index in [9.17, 15) is 14.4 Å². The fourth-order valence-corrected chi connectivity index (χ4v) is 2.37. The number of ketones is 1. The Kier molecular flexibility index (Phi) is 15.7. The van der Waals surface area contributed by atoms with Crippen LogP contribution < -0.4 is 0 Å². The van der Waals surface area contributed by atoms with Crippen molar-refractivity contribution < 1.29 is 47.5 Å². The van der Waals surface area contributed by atoms with Crippen LogP contribution in [0.4, 0.5) is 0 Å². The lowest BCUT2D eigenvalue weighted by molar-refractivity contribution is -0.160. The van der Waals surface area contributed by atoms with E-state index in [1.165, 1.54) is 0 Å². The van der Waals surface area contributed by atoms with Crippen molar-refractivity contribution in [1.29, 1.82) is 0 Å². The van der Waals surface area contributed by atoms with E-state index in [1.807, 2.05) is 0 Å². The van der Waals surface area contributed by atoms with Crippen molar-refractivity contribution in [2.75, 3.05) is 72.7 Å². The third-order valence-corrected chi connectivity index (χ3v) is 3.81. The van der Waals surface area contributed by atoms with Gasteiger partial charge in [-0.15, -0.1) is 0 Å². The van der Waals surface area contributed by atoms with E-state index < -0.39 is 23.3 Å². The number of rotatable bonds is 19. The van der Waals surface area contributed by atoms with Gasteiger partial charge in [0.2, 0.25) is 0 Å². The number of esters is 2. The summed E-state index contributed by atoms with van der Waals surface area (Å²) in [6, 6.07) is 8.23. The molecule has 0 aromatic heterocycles. The van der Waals surface area contributed by atoms with E-state index in [2.05, 4.69) is 0 Å². The van der Waals surface area contributed by atoms with Crippen LogP contribution in [0.3, 0.4) is 0 Å². The minimum atomic E-state index is -0.902. The molecule has 0 unspecified atom stereocenters. The topological polar surface area (TPSA) is 116 Å². The third kappa shape index (κ3) is 16.3. The van der Waals surface area contributed by atoms with Gasteiger partial charge in [0.25, 0.3) is 5.78 Å². The molecule has 192 valence electrons. The Labute approximate surface area is 200 Å². The number of carbonyl (C=O) groups excluding carboxylic acids is 3. The first-order valence-corrected chi connectivity index (χ1v) is 11.2. The molecule has 1 aromatic rings. The number of ether oxygens (including phenoxy) is 7. The summed E-state index contributed by atoms with van der Waals surface area (Å²) in [5.41, 5.74) is -0.229. The summed E-state index contributed by atoms with van der Waals surface area (Å²) in [6.45, 7) is 8.46. The molecule has 1 rings (SSSR count). The average molecular weight is 485 g/mol. The largest absolute Gasteiger partial charge is 0.458 e. The van der Waals surface area contributed by atoms with Crippen LogP contribution in [0.5, 0.6) is 0 Å². The molecule has 0 aliphatic rings. The fraction of sp³-hybridized carbons (Fsp3) is 0.625. The molecule has 10 heteroatoms. The van der Waals surface area contributed by atoms with Crippen molar-refractivity contribution in [2.24, 2.45) is 0 Å². The van der Waals surface area contributed by atoms with Gasteiger partial charge in [-0.3, -0.25) is 4.79 Å². The van der Waals surface area contributed by atoms with Gasteiger partial charge in [0.1, 0.15) is 18.8 Å². The van der Waals surface area contributed by atoms with E-state index in [0.29, 0.717) is 58.4 Å². The Morgan fingerprint density at radius 2 is 1.09 bits per heavy atom. The van der Waals surface area contributed by atoms with E-state index in [-0.39, 0.29) is 19.8 Å². The Balaban J connectivity index is 1.81. The number of Topliss-reactive ketones (excluding diaryl/α,β-unsaturated/α-hetero) is 1. The maximum Gasteiger partial charge on any atom is 0.379 e. The average Bonchev–Trinajstić information content (AvgIpc) is 2.79. The van der Waals surface area contributed by atoms with Crippen molar-refractivity contribution in [3.8, 4) is 0 Å². The Bertz CT molecular complexity index is 699. The monoisotopic (exact) mass is 484 g/mol. The maximum atomic E-state index is 11.8. The van der Waals surface area contributed by atoms with E-state index in [1.54, 1.807) is 51.1 Å². The molecule has 0 bridgehead atoms. The highest BCUT2D eigenvalue weighted by Gasteiger charge is 2.17. The highest BCUT2D eigenvalue weighted by Crippen LogP contribution is 2.06. The molecule has 34 heavy (non-hydrogen) atoms. The minimum absolute atomic E-state index is 0.00738. The molecule has 0 heterocycles. The van der Waals surface area contributed by atoms with E-state index >= 15 is 0 Å². The zero-order chi connectivity index (χ0) is 25.1. The molecule has 0 aliphatic carbocycles. The van der Waals surface area contributed by atoms with Gasteiger partial charge in [0.15, 0.2) is 0 Å². The number of hydrogen-bond donors (Lipinski definition) is 0. The fourth-order valence-electron chi connectivity index (χ4n) is 2.37. The Hall–Kier alpha value is -2.37. The van der Waals surface area contributed by atoms with Gasteiger partial charge in [-0.2, -0.15) is 0 Å². The molecule has 0 atom stereocenters. The molecule has 0 saturated carbocycles. The Morgan fingerprint density at radius 3 is 1.56 bits per heavy atom. The molecular weight excluding hydrogens is 448 g/mol. The molecule has 10 nitrogen and oxygen atoms in total. The zero-order valence-electron chi connectivity index (χ0n) is 20.2. The summed E-state index contributed by atoms with van der Waals surface area (Å²) in [5, 5.41) is 0. The summed E-state index contributed by atoms with van der Waals surface area (Å²) in [5.74, 6) is -1.98. The van der Waals surface area contributed by atoms with Gasteiger partial charge in [-0.1, -0.05) is 30.3 Å². The zero-order valence-corrected chi connectivity index (χ0v) is 20.2. The predicted molar refractivity (Wildman–Crippen MR) is 122 cm³/mol. The van der Waals surface area contributed by atoms with Crippen LogP contribution in [0.25, 0.3) is 0 Å². The summed E-state index contributed by atoms with van der Waals surface area (Å²) in [6.07, 6.45) is 0. The van der Waals surface area contributed by atoms with Crippen molar-refractivity contribution in [2.45, 2.75) is 26.4 Å². The molecule has 0 saturated heterocycles. The van der Waals surface area contributed by atoms with Crippen LogP contribution in [0.1, 0.15) is 31.1 Å². The highest BCUT2D eigenvalue weighted by atomic mass is 16.6. The van der Waals surface area contributed by atoms with E-state index in [0.717, 1.165) is 0 Å². The lowest BCUT2D eigenvalue weighted by Gasteiger charge is -2.19. The van der Waals surface area contributed by atoms with Crippen LogP contribution in [0.15, 0.2) is 30.3 Å². The quantitative estimate of drug-likeness (QED) is 0.125. The second-order valence-corrected chi connectivity index (χ2v) is 7.92. The van der Waals surface area contributed by atoms with Gasteiger partial charge in [-0.25, -0.2) is 9.59 Å². The van der Waals surface area contributed by atoms with Crippen molar-refractivity contribution >= 4 is 17.7 Å². The first-order chi connectivity index (χ1) is 16.3. The van der Waals surface area contributed by atoms with Crippen LogP contribution in [0, 0.1) is 0 Å². The van der Waals surface area contributed by atoms with Crippen molar-refractivity contribution in [3.05, 3.63) is 35.9 Å². The van der Waals surface area contributed by atoms with Crippen molar-refractivity contribution in [3.63, 3.8) is 0 Å². The van der Waals surface area contributed by atoms with Gasteiger partial charge >= 0.3 is 11.9 Å². The lowest BCUT2D eigenvalue weighted by atomic mass is 10.1.